The van der Waals surface area contributed by atoms with E-state index in [2.05, 4.69) is 20.9 Å². The van der Waals surface area contributed by atoms with E-state index in [1.54, 1.807) is 40.6 Å². The number of benzene rings is 2. The fourth-order valence-corrected chi connectivity index (χ4v) is 4.72. The Hall–Kier alpha value is -4.21. The van der Waals surface area contributed by atoms with Gasteiger partial charge in [0, 0.05) is 29.3 Å². The molecule has 2 unspecified atom stereocenters. The lowest BCUT2D eigenvalue weighted by Crippen LogP contribution is -2.27. The van der Waals surface area contributed by atoms with Crippen molar-refractivity contribution in [2.24, 2.45) is 0 Å². The van der Waals surface area contributed by atoms with Crippen molar-refractivity contribution in [1.82, 2.24) is 10.3 Å². The number of ether oxygens (including phenoxy) is 4. The van der Waals surface area contributed by atoms with Gasteiger partial charge in [-0.1, -0.05) is 12.1 Å². The second kappa shape index (κ2) is 9.21. The molecule has 0 saturated heterocycles. The lowest BCUT2D eigenvalue weighted by atomic mass is 9.78. The summed E-state index contributed by atoms with van der Waals surface area (Å²) in [5.74, 6) is 3.17. The highest BCUT2D eigenvalue weighted by Crippen LogP contribution is 2.47. The van der Waals surface area contributed by atoms with Crippen LogP contribution in [0.1, 0.15) is 35.9 Å². The molecule has 2 aliphatic rings. The van der Waals surface area contributed by atoms with Gasteiger partial charge in [-0.25, -0.2) is 4.63 Å². The average molecular weight is 479 g/mol. The number of nitrogens with one attached hydrogen (secondary N) is 2. The second-order valence-electron chi connectivity index (χ2n) is 8.31. The maximum absolute atomic E-state index is 13.7. The molecule has 0 saturated carbocycles. The Kier molecular flexibility index (Phi) is 5.94. The summed E-state index contributed by atoms with van der Waals surface area (Å²) in [6.07, 6.45) is 0.962. The van der Waals surface area contributed by atoms with Crippen molar-refractivity contribution in [3.05, 3.63) is 58.8 Å². The first-order chi connectivity index (χ1) is 17.1. The van der Waals surface area contributed by atoms with E-state index in [4.69, 9.17) is 23.6 Å². The van der Waals surface area contributed by atoms with Crippen molar-refractivity contribution in [2.45, 2.75) is 24.8 Å². The van der Waals surface area contributed by atoms with E-state index in [0.717, 1.165) is 17.0 Å². The van der Waals surface area contributed by atoms with Crippen LogP contribution in [0.3, 0.4) is 0 Å². The first-order valence-electron chi connectivity index (χ1n) is 11.1. The molecule has 1 aliphatic heterocycles. The standard InChI is InChI=1S/C25H26N4O6/c1-31-15-7-5-13(6-8-15)14-9-17-22(18(30)10-14)23(27-25-24(26-17)28-35-29-25)16-11-20(33-3)21(34-4)12-19(16)32-2/h5-8,11-12,14,23H,9-10H2,1-4H3,(H,26,28)(H,27,29). The molecule has 3 aromatic rings. The van der Waals surface area contributed by atoms with E-state index in [-0.39, 0.29) is 11.7 Å². The normalized spacial score (nSPS) is 19.0. The van der Waals surface area contributed by atoms with Crippen LogP contribution in [0, 0.1) is 0 Å². The van der Waals surface area contributed by atoms with E-state index in [1.807, 2.05) is 24.3 Å². The average Bonchev–Trinajstić information content (AvgIpc) is 3.26. The number of methoxy groups -OCH3 is 4. The predicted octanol–water partition coefficient (Wildman–Crippen LogP) is 4.08. The molecule has 0 fully saturated rings. The quantitative estimate of drug-likeness (QED) is 0.537. The maximum Gasteiger partial charge on any atom is 0.219 e. The van der Waals surface area contributed by atoms with Crippen molar-refractivity contribution in [3.63, 3.8) is 0 Å². The Bertz CT molecular complexity index is 1280. The summed E-state index contributed by atoms with van der Waals surface area (Å²) in [5.41, 5.74) is 3.11. The minimum Gasteiger partial charge on any atom is -0.497 e. The molecular formula is C25H26N4O6. The highest BCUT2D eigenvalue weighted by Gasteiger charge is 2.39. The molecule has 35 heavy (non-hydrogen) atoms. The number of nitrogens with zero attached hydrogens (tertiary/aromatic N) is 2. The summed E-state index contributed by atoms with van der Waals surface area (Å²) in [6, 6.07) is 10.8. The monoisotopic (exact) mass is 478 g/mol. The molecule has 2 atom stereocenters. The number of hydrogen-bond acceptors (Lipinski definition) is 10. The summed E-state index contributed by atoms with van der Waals surface area (Å²) >= 11 is 0. The molecule has 0 radical (unpaired) electrons. The van der Waals surface area contributed by atoms with E-state index in [9.17, 15) is 4.79 Å². The fraction of sp³-hybridized carbons (Fsp3) is 0.320. The first kappa shape index (κ1) is 22.6. The summed E-state index contributed by atoms with van der Waals surface area (Å²) in [7, 11) is 6.32. The van der Waals surface area contributed by atoms with E-state index in [1.165, 1.54) is 0 Å². The van der Waals surface area contributed by atoms with Crippen LogP contribution in [0.15, 0.2) is 52.3 Å². The molecular weight excluding hydrogens is 452 g/mol. The maximum atomic E-state index is 13.7. The lowest BCUT2D eigenvalue weighted by Gasteiger charge is -2.30. The van der Waals surface area contributed by atoms with Crippen LogP contribution >= 0.6 is 0 Å². The van der Waals surface area contributed by atoms with Crippen LogP contribution in [-0.4, -0.2) is 44.5 Å². The second-order valence-corrected chi connectivity index (χ2v) is 8.31. The molecule has 10 heteroatoms. The van der Waals surface area contributed by atoms with Crippen LogP contribution in [0.25, 0.3) is 0 Å². The molecule has 5 rings (SSSR count). The SMILES string of the molecule is COc1ccc(C2CC(=O)C3=C(C2)Nc2nonc2NC3c2cc(OC)c(OC)cc2OC)cc1. The first-order valence-corrected chi connectivity index (χ1v) is 11.1. The van der Waals surface area contributed by atoms with Gasteiger partial charge in [-0.3, -0.25) is 4.79 Å². The molecule has 0 bridgehead atoms. The Labute approximate surface area is 202 Å². The van der Waals surface area contributed by atoms with Crippen molar-refractivity contribution < 1.29 is 28.4 Å². The summed E-state index contributed by atoms with van der Waals surface area (Å²) in [5, 5.41) is 14.6. The topological polar surface area (TPSA) is 117 Å². The minimum absolute atomic E-state index is 0.00554. The van der Waals surface area contributed by atoms with E-state index < -0.39 is 6.04 Å². The number of rotatable bonds is 6. The molecule has 182 valence electrons. The summed E-state index contributed by atoms with van der Waals surface area (Å²) < 4.78 is 26.9. The van der Waals surface area contributed by atoms with Gasteiger partial charge in [-0.15, -0.1) is 0 Å². The minimum atomic E-state index is -0.579. The largest absolute Gasteiger partial charge is 0.497 e. The Morgan fingerprint density at radius 1 is 0.857 bits per heavy atom. The van der Waals surface area contributed by atoms with Gasteiger partial charge in [0.1, 0.15) is 11.5 Å². The van der Waals surface area contributed by atoms with Gasteiger partial charge >= 0.3 is 0 Å². The number of anilines is 2. The molecule has 1 aliphatic carbocycles. The third-order valence-electron chi connectivity index (χ3n) is 6.47. The zero-order chi connectivity index (χ0) is 24.5. The van der Waals surface area contributed by atoms with Crippen LogP contribution in [0.5, 0.6) is 23.0 Å². The van der Waals surface area contributed by atoms with Gasteiger partial charge in [0.2, 0.25) is 11.6 Å². The van der Waals surface area contributed by atoms with Gasteiger partial charge in [0.15, 0.2) is 17.3 Å². The summed E-state index contributed by atoms with van der Waals surface area (Å²) in [4.78, 5) is 13.7. The molecule has 2 N–H and O–H groups in total. The molecule has 0 spiro atoms. The fourth-order valence-electron chi connectivity index (χ4n) is 4.72. The Morgan fingerprint density at radius 2 is 1.54 bits per heavy atom. The Morgan fingerprint density at radius 3 is 2.23 bits per heavy atom. The number of aromatic nitrogens is 2. The highest BCUT2D eigenvalue weighted by atomic mass is 16.6. The smallest absolute Gasteiger partial charge is 0.219 e. The molecule has 10 nitrogen and oxygen atoms in total. The highest BCUT2D eigenvalue weighted by molar-refractivity contribution is 6.01. The van der Waals surface area contributed by atoms with Gasteiger partial charge in [0.25, 0.3) is 0 Å². The number of fused-ring (bicyclic) bond motifs is 1. The van der Waals surface area contributed by atoms with Gasteiger partial charge < -0.3 is 29.6 Å². The van der Waals surface area contributed by atoms with Crippen molar-refractivity contribution in [2.75, 3.05) is 39.1 Å². The number of carbonyl (C=O) groups is 1. The van der Waals surface area contributed by atoms with Crippen molar-refractivity contribution in [1.29, 1.82) is 0 Å². The van der Waals surface area contributed by atoms with E-state index >= 15 is 0 Å². The summed E-state index contributed by atoms with van der Waals surface area (Å²) in [6.45, 7) is 0. The van der Waals surface area contributed by atoms with Crippen LogP contribution in [0.4, 0.5) is 11.6 Å². The molecule has 1 aromatic heterocycles. The zero-order valence-electron chi connectivity index (χ0n) is 19.9. The molecule has 2 aromatic carbocycles. The third-order valence-corrected chi connectivity index (χ3v) is 6.47. The number of hydrogen-bond donors (Lipinski definition) is 2. The van der Waals surface area contributed by atoms with Crippen LogP contribution < -0.4 is 29.6 Å². The van der Waals surface area contributed by atoms with Gasteiger partial charge in [0.05, 0.1) is 34.5 Å². The number of ketones is 1. The van der Waals surface area contributed by atoms with Gasteiger partial charge in [-0.05, 0) is 46.4 Å². The number of carbonyl (C=O) groups excluding carboxylic acids is 1. The van der Waals surface area contributed by atoms with Crippen LogP contribution in [0.2, 0.25) is 0 Å². The molecule has 2 heterocycles. The van der Waals surface area contributed by atoms with Crippen molar-refractivity contribution >= 4 is 17.4 Å². The predicted molar refractivity (Wildman–Crippen MR) is 127 cm³/mol. The third kappa shape index (κ3) is 4.01. The van der Waals surface area contributed by atoms with Crippen LogP contribution in [-0.2, 0) is 4.79 Å². The lowest BCUT2D eigenvalue weighted by molar-refractivity contribution is -0.116. The number of allylic oxidation sites excluding steroid dienone is 1. The number of Topliss-reactive ketones (excluding diaryl/α,β-unsaturated/α-hetero) is 1. The van der Waals surface area contributed by atoms with E-state index in [0.29, 0.717) is 52.9 Å². The zero-order valence-corrected chi connectivity index (χ0v) is 19.9. The van der Waals surface area contributed by atoms with Gasteiger partial charge in [-0.2, -0.15) is 0 Å². The molecule has 0 amide bonds. The Balaban J connectivity index is 1.61. The van der Waals surface area contributed by atoms with Crippen molar-refractivity contribution in [3.8, 4) is 23.0 Å².